The highest BCUT2D eigenvalue weighted by Crippen LogP contribution is 2.28. The molecular weight excluding hydrogens is 286 g/mol. The molecule has 114 valence electrons. The summed E-state index contributed by atoms with van der Waals surface area (Å²) < 4.78 is 6.45. The van der Waals surface area contributed by atoms with Crippen LogP contribution in [0, 0.1) is 6.92 Å². The minimum atomic E-state index is 0.737. The molecule has 0 aliphatic carbocycles. The van der Waals surface area contributed by atoms with Gasteiger partial charge in [0.25, 0.3) is 0 Å². The molecule has 1 aliphatic rings. The van der Waals surface area contributed by atoms with Gasteiger partial charge in [0.15, 0.2) is 10.8 Å². The first-order chi connectivity index (χ1) is 10.3. The summed E-state index contributed by atoms with van der Waals surface area (Å²) >= 11 is 1.64. The smallest absolute Gasteiger partial charge is 0.227 e. The molecule has 1 saturated heterocycles. The van der Waals surface area contributed by atoms with E-state index in [9.17, 15) is 0 Å². The second-order valence-electron chi connectivity index (χ2n) is 5.16. The van der Waals surface area contributed by atoms with Crippen molar-refractivity contribution in [3.8, 4) is 0 Å². The minimum Gasteiger partial charge on any atom is -0.378 e. The standard InChI is InChI=1S/C14H21N5OS/c1-3-4-5-15-14-18-12-11(21-14)10(2)16-13(17-12)19-6-8-20-9-7-19/h3-9H2,1-2H3,(H,15,16,17,18). The number of morpholine rings is 1. The maximum absolute atomic E-state index is 5.38. The summed E-state index contributed by atoms with van der Waals surface area (Å²) in [7, 11) is 0. The molecule has 3 heterocycles. The molecule has 0 unspecified atom stereocenters. The number of unbranched alkanes of at least 4 members (excludes halogenated alkanes) is 1. The first-order valence-electron chi connectivity index (χ1n) is 7.49. The lowest BCUT2D eigenvalue weighted by molar-refractivity contribution is 0.122. The van der Waals surface area contributed by atoms with Crippen molar-refractivity contribution in [1.29, 1.82) is 0 Å². The van der Waals surface area contributed by atoms with E-state index in [1.807, 2.05) is 6.92 Å². The van der Waals surface area contributed by atoms with Gasteiger partial charge >= 0.3 is 0 Å². The van der Waals surface area contributed by atoms with Gasteiger partial charge in [0.05, 0.1) is 23.6 Å². The quantitative estimate of drug-likeness (QED) is 0.856. The molecule has 0 radical (unpaired) electrons. The summed E-state index contributed by atoms with van der Waals surface area (Å²) in [5, 5.41) is 4.31. The molecule has 0 amide bonds. The second kappa shape index (κ2) is 6.53. The van der Waals surface area contributed by atoms with E-state index in [-0.39, 0.29) is 0 Å². The third-order valence-corrected chi connectivity index (χ3v) is 4.62. The average Bonchev–Trinajstić information content (AvgIpc) is 2.92. The monoisotopic (exact) mass is 307 g/mol. The topological polar surface area (TPSA) is 63.2 Å². The summed E-state index contributed by atoms with van der Waals surface area (Å²) in [6, 6.07) is 0. The third-order valence-electron chi connectivity index (χ3n) is 3.51. The number of anilines is 2. The van der Waals surface area contributed by atoms with E-state index >= 15 is 0 Å². The van der Waals surface area contributed by atoms with Crippen LogP contribution in [0.5, 0.6) is 0 Å². The Balaban J connectivity index is 1.84. The fraction of sp³-hybridized carbons (Fsp3) is 0.643. The van der Waals surface area contributed by atoms with Gasteiger partial charge in [-0.3, -0.25) is 0 Å². The molecular formula is C14H21N5OS. The molecule has 1 N–H and O–H groups in total. The predicted octanol–water partition coefficient (Wildman–Crippen LogP) is 2.44. The Morgan fingerprint density at radius 2 is 2.05 bits per heavy atom. The zero-order chi connectivity index (χ0) is 14.7. The molecule has 7 heteroatoms. The number of hydrogen-bond acceptors (Lipinski definition) is 7. The summed E-state index contributed by atoms with van der Waals surface area (Å²) in [5.74, 6) is 0.772. The molecule has 0 atom stereocenters. The Kier molecular flexibility index (Phi) is 4.50. The van der Waals surface area contributed by atoms with E-state index in [0.717, 1.165) is 66.4 Å². The van der Waals surface area contributed by atoms with Crippen LogP contribution >= 0.6 is 11.3 Å². The van der Waals surface area contributed by atoms with Crippen molar-refractivity contribution in [3.05, 3.63) is 5.69 Å². The lowest BCUT2D eigenvalue weighted by Gasteiger charge is -2.26. The lowest BCUT2D eigenvalue weighted by atomic mass is 10.3. The summed E-state index contributed by atoms with van der Waals surface area (Å²) in [4.78, 5) is 16.0. The van der Waals surface area contributed by atoms with Gasteiger partial charge < -0.3 is 15.0 Å². The number of nitrogens with one attached hydrogen (secondary N) is 1. The highest BCUT2D eigenvalue weighted by molar-refractivity contribution is 7.22. The first kappa shape index (κ1) is 14.5. The van der Waals surface area contributed by atoms with Gasteiger partial charge in [-0.1, -0.05) is 24.7 Å². The number of hydrogen-bond donors (Lipinski definition) is 1. The summed E-state index contributed by atoms with van der Waals surface area (Å²) in [6.07, 6.45) is 2.33. The van der Waals surface area contributed by atoms with Gasteiger partial charge in [-0.25, -0.2) is 4.98 Å². The summed E-state index contributed by atoms with van der Waals surface area (Å²) in [6.45, 7) is 8.33. The van der Waals surface area contributed by atoms with Crippen molar-refractivity contribution in [2.24, 2.45) is 0 Å². The van der Waals surface area contributed by atoms with Gasteiger partial charge in [0.1, 0.15) is 0 Å². The van der Waals surface area contributed by atoms with E-state index in [0.29, 0.717) is 0 Å². The van der Waals surface area contributed by atoms with E-state index in [1.165, 1.54) is 6.42 Å². The maximum atomic E-state index is 5.38. The molecule has 0 aromatic carbocycles. The highest BCUT2D eigenvalue weighted by atomic mass is 32.1. The van der Waals surface area contributed by atoms with Crippen LogP contribution in [0.3, 0.4) is 0 Å². The summed E-state index contributed by atoms with van der Waals surface area (Å²) in [5.41, 5.74) is 1.80. The van der Waals surface area contributed by atoms with Crippen molar-refractivity contribution < 1.29 is 4.74 Å². The van der Waals surface area contributed by atoms with Crippen LogP contribution in [-0.2, 0) is 4.74 Å². The molecule has 1 fully saturated rings. The van der Waals surface area contributed by atoms with Crippen LogP contribution in [0.15, 0.2) is 0 Å². The van der Waals surface area contributed by atoms with Crippen LogP contribution in [0.1, 0.15) is 25.5 Å². The van der Waals surface area contributed by atoms with Gasteiger partial charge in [0.2, 0.25) is 5.95 Å². The molecule has 6 nitrogen and oxygen atoms in total. The Hall–Kier alpha value is -1.47. The fourth-order valence-corrected chi connectivity index (χ4v) is 3.17. The van der Waals surface area contributed by atoms with Crippen molar-refractivity contribution >= 4 is 32.8 Å². The van der Waals surface area contributed by atoms with Crippen molar-refractivity contribution in [2.45, 2.75) is 26.7 Å². The third kappa shape index (κ3) is 3.24. The highest BCUT2D eigenvalue weighted by Gasteiger charge is 2.17. The molecule has 3 rings (SSSR count). The number of nitrogens with zero attached hydrogens (tertiary/aromatic N) is 4. The normalized spacial score (nSPS) is 15.6. The number of fused-ring (bicyclic) bond motifs is 1. The number of ether oxygens (including phenoxy) is 1. The van der Waals surface area contributed by atoms with Crippen LogP contribution in [0.2, 0.25) is 0 Å². The Morgan fingerprint density at radius 1 is 1.24 bits per heavy atom. The van der Waals surface area contributed by atoms with Crippen molar-refractivity contribution in [1.82, 2.24) is 15.0 Å². The molecule has 2 aromatic heterocycles. The fourth-order valence-electron chi connectivity index (χ4n) is 2.30. The second-order valence-corrected chi connectivity index (χ2v) is 6.16. The molecule has 21 heavy (non-hydrogen) atoms. The van der Waals surface area contributed by atoms with Crippen LogP contribution in [0.4, 0.5) is 11.1 Å². The predicted molar refractivity (Wildman–Crippen MR) is 86.4 cm³/mol. The Bertz CT molecular complexity index is 609. The van der Waals surface area contributed by atoms with Crippen LogP contribution < -0.4 is 10.2 Å². The van der Waals surface area contributed by atoms with Crippen LogP contribution in [0.25, 0.3) is 10.3 Å². The first-order valence-corrected chi connectivity index (χ1v) is 8.31. The molecule has 0 saturated carbocycles. The molecule has 0 bridgehead atoms. The van der Waals surface area contributed by atoms with Crippen LogP contribution in [-0.4, -0.2) is 47.8 Å². The van der Waals surface area contributed by atoms with E-state index in [4.69, 9.17) is 4.74 Å². The number of aromatic nitrogens is 3. The minimum absolute atomic E-state index is 0.737. The van der Waals surface area contributed by atoms with Gasteiger partial charge in [-0.05, 0) is 13.3 Å². The Morgan fingerprint density at radius 3 is 2.81 bits per heavy atom. The van der Waals surface area contributed by atoms with Crippen molar-refractivity contribution in [3.63, 3.8) is 0 Å². The molecule has 0 spiro atoms. The zero-order valence-corrected chi connectivity index (χ0v) is 13.4. The van der Waals surface area contributed by atoms with E-state index in [1.54, 1.807) is 11.3 Å². The molecule has 1 aliphatic heterocycles. The van der Waals surface area contributed by atoms with Crippen molar-refractivity contribution in [2.75, 3.05) is 43.1 Å². The lowest BCUT2D eigenvalue weighted by Crippen LogP contribution is -2.37. The average molecular weight is 307 g/mol. The molecule has 2 aromatic rings. The maximum Gasteiger partial charge on any atom is 0.227 e. The van der Waals surface area contributed by atoms with E-state index in [2.05, 4.69) is 32.1 Å². The van der Waals surface area contributed by atoms with Gasteiger partial charge in [-0.15, -0.1) is 0 Å². The van der Waals surface area contributed by atoms with E-state index < -0.39 is 0 Å². The number of thiazole rings is 1. The number of rotatable bonds is 5. The van der Waals surface area contributed by atoms with Gasteiger partial charge in [0, 0.05) is 19.6 Å². The zero-order valence-electron chi connectivity index (χ0n) is 12.6. The largest absolute Gasteiger partial charge is 0.378 e. The van der Waals surface area contributed by atoms with Gasteiger partial charge in [-0.2, -0.15) is 9.97 Å². The number of aryl methyl sites for hydroxylation is 1. The SMILES string of the molecule is CCCCNc1nc2nc(N3CCOCC3)nc(C)c2s1. The Labute approximate surface area is 128 Å².